The maximum Gasteiger partial charge on any atom is 0.252 e. The minimum Gasteiger partial charge on any atom is -0.411 e. The second kappa shape index (κ2) is 7.22. The SMILES string of the molecule is CCC(C)(NC(=O)c1cc(C)cc(C=NO)c1)C(=O)CCl. The minimum absolute atomic E-state index is 0.152. The molecule has 0 aliphatic heterocycles. The quantitative estimate of drug-likeness (QED) is 0.367. The Hall–Kier alpha value is -1.88. The van der Waals surface area contributed by atoms with Crippen molar-refractivity contribution in [2.75, 3.05) is 5.88 Å². The van der Waals surface area contributed by atoms with Gasteiger partial charge in [-0.25, -0.2) is 0 Å². The van der Waals surface area contributed by atoms with E-state index in [1.807, 2.05) is 13.8 Å². The number of nitrogens with one attached hydrogen (secondary N) is 1. The van der Waals surface area contributed by atoms with Crippen molar-refractivity contribution in [3.63, 3.8) is 0 Å². The second-order valence-corrected chi connectivity index (χ2v) is 5.34. The van der Waals surface area contributed by atoms with Crippen molar-refractivity contribution >= 4 is 29.5 Å². The third-order valence-corrected chi connectivity index (χ3v) is 3.64. The fourth-order valence-corrected chi connectivity index (χ4v) is 2.21. The standard InChI is InChI=1S/C15H19ClN2O3/c1-4-15(3,13(19)8-16)18-14(20)12-6-10(2)5-11(7-12)9-17-21/h5-7,9,21H,4,8H2,1-3H3,(H,18,20). The van der Waals surface area contributed by atoms with Crippen LogP contribution in [0.4, 0.5) is 0 Å². The van der Waals surface area contributed by atoms with Crippen LogP contribution in [-0.2, 0) is 4.79 Å². The maximum absolute atomic E-state index is 12.3. The number of nitrogens with zero attached hydrogens (tertiary/aromatic N) is 1. The summed E-state index contributed by atoms with van der Waals surface area (Å²) in [4.78, 5) is 24.2. The van der Waals surface area contributed by atoms with Crippen LogP contribution in [0, 0.1) is 6.92 Å². The van der Waals surface area contributed by atoms with Gasteiger partial charge < -0.3 is 10.5 Å². The number of alkyl halides is 1. The molecule has 114 valence electrons. The molecule has 1 rings (SSSR count). The zero-order valence-electron chi connectivity index (χ0n) is 12.3. The van der Waals surface area contributed by atoms with E-state index in [4.69, 9.17) is 16.8 Å². The molecule has 0 fully saturated rings. The van der Waals surface area contributed by atoms with Gasteiger partial charge in [-0.1, -0.05) is 18.1 Å². The first kappa shape index (κ1) is 17.2. The van der Waals surface area contributed by atoms with Gasteiger partial charge in [0.15, 0.2) is 5.78 Å². The van der Waals surface area contributed by atoms with Crippen LogP contribution < -0.4 is 5.32 Å². The summed E-state index contributed by atoms with van der Waals surface area (Å²) in [6, 6.07) is 5.06. The summed E-state index contributed by atoms with van der Waals surface area (Å²) in [6.07, 6.45) is 1.69. The number of ketones is 1. The summed E-state index contributed by atoms with van der Waals surface area (Å²) >= 11 is 5.59. The van der Waals surface area contributed by atoms with Crippen molar-refractivity contribution < 1.29 is 14.8 Å². The molecule has 1 aromatic carbocycles. The van der Waals surface area contributed by atoms with Crippen LogP contribution in [0.3, 0.4) is 0 Å². The highest BCUT2D eigenvalue weighted by molar-refractivity contribution is 6.29. The van der Waals surface area contributed by atoms with Crippen LogP contribution in [-0.4, -0.2) is 34.5 Å². The zero-order chi connectivity index (χ0) is 16.0. The number of benzene rings is 1. The highest BCUT2D eigenvalue weighted by atomic mass is 35.5. The molecule has 0 aromatic heterocycles. The molecule has 1 aromatic rings. The van der Waals surface area contributed by atoms with E-state index in [1.54, 1.807) is 25.1 Å². The molecule has 0 bridgehead atoms. The van der Waals surface area contributed by atoms with Crippen molar-refractivity contribution in [2.24, 2.45) is 5.16 Å². The number of carbonyl (C=O) groups excluding carboxylic acids is 2. The predicted molar refractivity (Wildman–Crippen MR) is 82.4 cm³/mol. The van der Waals surface area contributed by atoms with Crippen LogP contribution >= 0.6 is 11.6 Å². The Bertz CT molecular complexity index is 572. The van der Waals surface area contributed by atoms with Gasteiger partial charge in [0.05, 0.1) is 17.6 Å². The largest absolute Gasteiger partial charge is 0.411 e. The minimum atomic E-state index is -0.992. The molecule has 0 aliphatic rings. The van der Waals surface area contributed by atoms with E-state index in [2.05, 4.69) is 10.5 Å². The Morgan fingerprint density at radius 3 is 2.62 bits per heavy atom. The fourth-order valence-electron chi connectivity index (χ4n) is 1.91. The van der Waals surface area contributed by atoms with Crippen molar-refractivity contribution in [1.29, 1.82) is 0 Å². The third kappa shape index (κ3) is 4.29. The first-order valence-electron chi connectivity index (χ1n) is 6.57. The fraction of sp³-hybridized carbons (Fsp3) is 0.400. The molecule has 0 saturated carbocycles. The summed E-state index contributed by atoms with van der Waals surface area (Å²) in [6.45, 7) is 5.29. The van der Waals surface area contributed by atoms with Gasteiger partial charge in [-0.3, -0.25) is 9.59 Å². The maximum atomic E-state index is 12.3. The third-order valence-electron chi connectivity index (χ3n) is 3.40. The molecular weight excluding hydrogens is 292 g/mol. The summed E-state index contributed by atoms with van der Waals surface area (Å²) in [5.41, 5.74) is 0.851. The highest BCUT2D eigenvalue weighted by Gasteiger charge is 2.32. The van der Waals surface area contributed by atoms with Gasteiger partial charge in [0.2, 0.25) is 0 Å². The molecule has 5 nitrogen and oxygen atoms in total. The van der Waals surface area contributed by atoms with Gasteiger partial charge >= 0.3 is 0 Å². The highest BCUT2D eigenvalue weighted by Crippen LogP contribution is 2.15. The van der Waals surface area contributed by atoms with Gasteiger partial charge in [0.1, 0.15) is 0 Å². The summed E-state index contributed by atoms with van der Waals surface area (Å²) < 4.78 is 0. The lowest BCUT2D eigenvalue weighted by atomic mass is 9.93. The predicted octanol–water partition coefficient (Wildman–Crippen LogP) is 2.51. The number of aryl methyl sites for hydroxylation is 1. The Balaban J connectivity index is 3.06. The molecule has 0 spiro atoms. The molecule has 0 aliphatic carbocycles. The Kier molecular flexibility index (Phi) is 5.90. The number of Topliss-reactive ketones (excluding diaryl/α,β-unsaturated/α-hetero) is 1. The molecule has 21 heavy (non-hydrogen) atoms. The summed E-state index contributed by atoms with van der Waals surface area (Å²) in [5, 5.41) is 14.3. The molecule has 0 radical (unpaired) electrons. The molecule has 1 atom stereocenters. The van der Waals surface area contributed by atoms with Crippen LogP contribution in [0.25, 0.3) is 0 Å². The summed E-state index contributed by atoms with van der Waals surface area (Å²) in [7, 11) is 0. The van der Waals surface area contributed by atoms with E-state index in [9.17, 15) is 9.59 Å². The number of halogens is 1. The topological polar surface area (TPSA) is 78.8 Å². The van der Waals surface area contributed by atoms with E-state index in [1.165, 1.54) is 6.21 Å². The Morgan fingerprint density at radius 1 is 1.43 bits per heavy atom. The van der Waals surface area contributed by atoms with Crippen LogP contribution in [0.15, 0.2) is 23.4 Å². The van der Waals surface area contributed by atoms with Gasteiger partial charge in [0, 0.05) is 5.56 Å². The lowest BCUT2D eigenvalue weighted by Crippen LogP contribution is -2.52. The normalized spacial score (nSPS) is 13.9. The smallest absolute Gasteiger partial charge is 0.252 e. The first-order valence-corrected chi connectivity index (χ1v) is 7.10. The van der Waals surface area contributed by atoms with Crippen molar-refractivity contribution in [3.8, 4) is 0 Å². The summed E-state index contributed by atoms with van der Waals surface area (Å²) in [5.74, 6) is -0.750. The second-order valence-electron chi connectivity index (χ2n) is 5.07. The Labute approximate surface area is 129 Å². The average molecular weight is 311 g/mol. The molecule has 0 heterocycles. The van der Waals surface area contributed by atoms with E-state index in [-0.39, 0.29) is 17.6 Å². The molecule has 6 heteroatoms. The van der Waals surface area contributed by atoms with Crippen molar-refractivity contribution in [1.82, 2.24) is 5.32 Å². The van der Waals surface area contributed by atoms with Crippen molar-refractivity contribution in [2.45, 2.75) is 32.7 Å². The monoisotopic (exact) mass is 310 g/mol. The Morgan fingerprint density at radius 2 is 2.10 bits per heavy atom. The molecule has 0 saturated heterocycles. The van der Waals surface area contributed by atoms with Gasteiger partial charge in [-0.15, -0.1) is 11.6 Å². The van der Waals surface area contributed by atoms with Gasteiger partial charge in [-0.05, 0) is 43.5 Å². The lowest BCUT2D eigenvalue weighted by molar-refractivity contribution is -0.122. The zero-order valence-corrected chi connectivity index (χ0v) is 13.1. The van der Waals surface area contributed by atoms with E-state index >= 15 is 0 Å². The lowest BCUT2D eigenvalue weighted by Gasteiger charge is -2.27. The van der Waals surface area contributed by atoms with Gasteiger partial charge in [0.25, 0.3) is 5.91 Å². The van der Waals surface area contributed by atoms with Crippen LogP contribution in [0.2, 0.25) is 0 Å². The van der Waals surface area contributed by atoms with Crippen molar-refractivity contribution in [3.05, 3.63) is 34.9 Å². The molecule has 1 unspecified atom stereocenters. The van der Waals surface area contributed by atoms with Gasteiger partial charge in [-0.2, -0.15) is 0 Å². The number of oxime groups is 1. The van der Waals surface area contributed by atoms with E-state index < -0.39 is 5.54 Å². The van der Waals surface area contributed by atoms with E-state index in [0.717, 1.165) is 5.56 Å². The first-order chi connectivity index (χ1) is 9.86. The van der Waals surface area contributed by atoms with E-state index in [0.29, 0.717) is 17.5 Å². The molecule has 2 N–H and O–H groups in total. The number of carbonyl (C=O) groups is 2. The average Bonchev–Trinajstić information content (AvgIpc) is 2.45. The van der Waals surface area contributed by atoms with Crippen LogP contribution in [0.5, 0.6) is 0 Å². The van der Waals surface area contributed by atoms with Crippen LogP contribution in [0.1, 0.15) is 41.8 Å². The number of amides is 1. The number of hydrogen-bond acceptors (Lipinski definition) is 4. The molecule has 1 amide bonds. The molecular formula is C15H19ClN2O3. The number of rotatable bonds is 6. The number of hydrogen-bond donors (Lipinski definition) is 2.